The molecule has 1 saturated heterocycles. The molecule has 172 valence electrons. The molecular weight excluding hydrogens is 488 g/mol. The van der Waals surface area contributed by atoms with Crippen LogP contribution in [-0.4, -0.2) is 94.5 Å². The Bertz CT molecular complexity index is 973. The normalized spacial score (nSPS) is 18.7. The van der Waals surface area contributed by atoms with E-state index in [1.807, 2.05) is 0 Å². The third-order valence-electron chi connectivity index (χ3n) is 3.50. The summed E-state index contributed by atoms with van der Waals surface area (Å²) < 4.78 is 151. The van der Waals surface area contributed by atoms with Crippen LogP contribution in [-0.2, 0) is 30.1 Å². The summed E-state index contributed by atoms with van der Waals surface area (Å²) in [6, 6.07) is 0. The van der Waals surface area contributed by atoms with Gasteiger partial charge in [0.2, 0.25) is 10.0 Å². The fourth-order valence-electron chi connectivity index (χ4n) is 2.03. The highest BCUT2D eigenvalue weighted by molar-refractivity contribution is 8.05. The summed E-state index contributed by atoms with van der Waals surface area (Å²) in [6.45, 7) is -3.75. The van der Waals surface area contributed by atoms with Gasteiger partial charge in [0.1, 0.15) is 0 Å². The molecule has 0 radical (unpaired) electrons. The summed E-state index contributed by atoms with van der Waals surface area (Å²) >= 11 is 0. The molecule has 0 unspecified atom stereocenters. The highest BCUT2D eigenvalue weighted by atomic mass is 32.3. The van der Waals surface area contributed by atoms with Crippen LogP contribution in [0.2, 0.25) is 0 Å². The Morgan fingerprint density at radius 1 is 0.862 bits per heavy atom. The van der Waals surface area contributed by atoms with Crippen LogP contribution in [0.1, 0.15) is 0 Å². The standard InChI is InChI=1S/C9H13F6N3O8S3/c1-27(21,22)16-28(23,24)8(12,13)7(10,11)9(14,15)29(25,26)18-4-2-17(3-5-18)6(19)20/h16H,2-5H2,1H3,(H,19,20). The SMILES string of the molecule is CS(=O)(=O)NS(=O)(=O)C(F)(F)C(F)(F)C(F)(F)S(=O)(=O)N1CCN(C(=O)O)CC1. The number of hydrogen-bond donors (Lipinski definition) is 2. The van der Waals surface area contributed by atoms with Crippen LogP contribution in [0.15, 0.2) is 0 Å². The molecule has 0 aromatic carbocycles. The quantitative estimate of drug-likeness (QED) is 0.434. The van der Waals surface area contributed by atoms with Crippen molar-refractivity contribution >= 4 is 36.2 Å². The van der Waals surface area contributed by atoms with Crippen molar-refractivity contribution in [2.75, 3.05) is 32.4 Å². The average molecular weight is 501 g/mol. The monoisotopic (exact) mass is 501 g/mol. The first-order valence-electron chi connectivity index (χ1n) is 6.96. The Labute approximate surface area is 160 Å². The lowest BCUT2D eigenvalue weighted by molar-refractivity contribution is -0.245. The van der Waals surface area contributed by atoms with E-state index in [1.165, 1.54) is 0 Å². The fourth-order valence-corrected chi connectivity index (χ4v) is 6.00. The van der Waals surface area contributed by atoms with Crippen LogP contribution in [0.5, 0.6) is 0 Å². The van der Waals surface area contributed by atoms with E-state index in [2.05, 4.69) is 0 Å². The highest BCUT2D eigenvalue weighted by Crippen LogP contribution is 2.51. The number of halogens is 6. The molecule has 0 spiro atoms. The molecule has 0 aromatic rings. The molecule has 1 fully saturated rings. The summed E-state index contributed by atoms with van der Waals surface area (Å²) in [5, 5.41) is -4.93. The molecule has 0 saturated carbocycles. The van der Waals surface area contributed by atoms with Crippen molar-refractivity contribution in [2.24, 2.45) is 0 Å². The molecule has 11 nitrogen and oxygen atoms in total. The zero-order valence-electron chi connectivity index (χ0n) is 14.0. The maximum absolute atomic E-state index is 14.0. The largest absolute Gasteiger partial charge is 0.465 e. The Hall–Kier alpha value is -1.38. The lowest BCUT2D eigenvalue weighted by Gasteiger charge is -2.37. The highest BCUT2D eigenvalue weighted by Gasteiger charge is 2.82. The molecule has 0 aromatic heterocycles. The Morgan fingerprint density at radius 3 is 1.62 bits per heavy atom. The molecule has 1 rings (SSSR count). The van der Waals surface area contributed by atoms with Gasteiger partial charge in [-0.1, -0.05) is 0 Å². The molecule has 0 bridgehead atoms. The number of hydrogen-bond acceptors (Lipinski definition) is 7. The number of sulfonamides is 3. The second kappa shape index (κ2) is 7.39. The van der Waals surface area contributed by atoms with Crippen molar-refractivity contribution in [1.82, 2.24) is 13.3 Å². The molecule has 29 heavy (non-hydrogen) atoms. The number of amides is 1. The summed E-state index contributed by atoms with van der Waals surface area (Å²) in [5.74, 6) is -7.13. The van der Waals surface area contributed by atoms with Gasteiger partial charge in [0, 0.05) is 26.2 Å². The summed E-state index contributed by atoms with van der Waals surface area (Å²) in [4.78, 5) is 11.2. The van der Waals surface area contributed by atoms with Gasteiger partial charge >= 0.3 is 22.5 Å². The summed E-state index contributed by atoms with van der Waals surface area (Å²) in [5.41, 5.74) is 0. The molecule has 1 heterocycles. The molecule has 0 aliphatic carbocycles. The topological polar surface area (TPSA) is 158 Å². The summed E-state index contributed by atoms with van der Waals surface area (Å²) in [7, 11) is -18.8. The maximum atomic E-state index is 14.0. The smallest absolute Gasteiger partial charge is 0.429 e. The van der Waals surface area contributed by atoms with Crippen LogP contribution in [0.25, 0.3) is 0 Å². The van der Waals surface area contributed by atoms with Crippen molar-refractivity contribution in [1.29, 1.82) is 0 Å². The van der Waals surface area contributed by atoms with E-state index in [4.69, 9.17) is 5.11 Å². The van der Waals surface area contributed by atoms with E-state index < -0.39 is 83.1 Å². The molecule has 1 aliphatic heterocycles. The molecule has 0 atom stereocenters. The van der Waals surface area contributed by atoms with Crippen molar-refractivity contribution in [2.45, 2.75) is 16.4 Å². The average Bonchev–Trinajstić information content (AvgIpc) is 2.51. The maximum Gasteiger partial charge on any atom is 0.429 e. The second-order valence-electron chi connectivity index (χ2n) is 5.64. The number of carbonyl (C=O) groups is 1. The van der Waals surface area contributed by atoms with Gasteiger partial charge in [-0.2, -0.15) is 30.6 Å². The predicted molar refractivity (Wildman–Crippen MR) is 81.8 cm³/mol. The van der Waals surface area contributed by atoms with Gasteiger partial charge in [0.15, 0.2) is 0 Å². The van der Waals surface area contributed by atoms with Gasteiger partial charge in [-0.15, -0.1) is 4.13 Å². The zero-order chi connectivity index (χ0) is 23.3. The molecule has 20 heteroatoms. The Balaban J connectivity index is 3.36. The van der Waals surface area contributed by atoms with E-state index in [1.54, 1.807) is 0 Å². The van der Waals surface area contributed by atoms with Crippen molar-refractivity contribution in [3.63, 3.8) is 0 Å². The van der Waals surface area contributed by atoms with Crippen LogP contribution < -0.4 is 4.13 Å². The minimum atomic E-state index is -7.13. The molecular formula is C9H13F6N3O8S3. The van der Waals surface area contributed by atoms with Gasteiger partial charge in [-0.3, -0.25) is 0 Å². The van der Waals surface area contributed by atoms with Crippen molar-refractivity contribution < 1.29 is 61.5 Å². The van der Waals surface area contributed by atoms with Crippen LogP contribution in [0.4, 0.5) is 31.1 Å². The fraction of sp³-hybridized carbons (Fsp3) is 0.889. The van der Waals surface area contributed by atoms with Gasteiger partial charge in [0.05, 0.1) is 6.26 Å². The zero-order valence-corrected chi connectivity index (χ0v) is 16.5. The third-order valence-corrected chi connectivity index (χ3v) is 8.47. The van der Waals surface area contributed by atoms with Crippen LogP contribution >= 0.6 is 0 Å². The number of nitrogens with zero attached hydrogens (tertiary/aromatic N) is 2. The molecule has 1 amide bonds. The third kappa shape index (κ3) is 4.39. The van der Waals surface area contributed by atoms with Crippen LogP contribution in [0.3, 0.4) is 0 Å². The predicted octanol–water partition coefficient (Wildman–Crippen LogP) is -0.688. The lowest BCUT2D eigenvalue weighted by Crippen LogP contribution is -2.66. The minimum absolute atomic E-state index is 0.0599. The Kier molecular flexibility index (Phi) is 6.54. The molecule has 1 aliphatic rings. The van der Waals surface area contributed by atoms with Crippen molar-refractivity contribution in [3.05, 3.63) is 0 Å². The number of piperazine rings is 1. The first-order valence-corrected chi connectivity index (χ1v) is 11.8. The molecule has 2 N–H and O–H groups in total. The van der Waals surface area contributed by atoms with E-state index in [9.17, 15) is 56.4 Å². The van der Waals surface area contributed by atoms with Gasteiger partial charge in [0.25, 0.3) is 20.0 Å². The van der Waals surface area contributed by atoms with E-state index in [-0.39, 0.29) is 10.4 Å². The second-order valence-corrected chi connectivity index (χ2v) is 11.4. The van der Waals surface area contributed by atoms with Crippen LogP contribution in [0, 0.1) is 0 Å². The van der Waals surface area contributed by atoms with E-state index in [0.717, 1.165) is 0 Å². The minimum Gasteiger partial charge on any atom is -0.465 e. The Morgan fingerprint density at radius 2 is 1.28 bits per heavy atom. The number of rotatable bonds is 7. The van der Waals surface area contributed by atoms with Gasteiger partial charge < -0.3 is 10.0 Å². The van der Waals surface area contributed by atoms with Gasteiger partial charge in [-0.05, 0) is 0 Å². The number of nitrogens with one attached hydrogen (secondary N) is 1. The van der Waals surface area contributed by atoms with E-state index in [0.29, 0.717) is 4.90 Å². The van der Waals surface area contributed by atoms with Crippen molar-refractivity contribution in [3.8, 4) is 0 Å². The number of carboxylic acid groups (broad SMARTS) is 1. The number of alkyl halides is 6. The van der Waals surface area contributed by atoms with E-state index >= 15 is 0 Å². The lowest BCUT2D eigenvalue weighted by atomic mass is 10.3. The first-order chi connectivity index (χ1) is 12.6. The summed E-state index contributed by atoms with van der Waals surface area (Å²) in [6.07, 6.45) is -1.65. The first kappa shape index (κ1) is 25.7. The van der Waals surface area contributed by atoms with Gasteiger partial charge in [-0.25, -0.2) is 30.0 Å².